The maximum atomic E-state index is 13.1. The SMILES string of the molecule is Cc1[nH]nc2nccc(Oc3ccc(NC(=O)C4(C(=O)Nc5ccc(F)cc5)CC4)cn3)c12.Cc1[nH]nc2nccc(Oc3ncc(NC(=O)C4(C(=O)Nc5ccc(F)cc5)CC4)cc3Cl)c12. The predicted molar refractivity (Wildman–Crippen MR) is 242 cm³/mol. The van der Waals surface area contributed by atoms with Gasteiger partial charge in [0.2, 0.25) is 35.4 Å². The van der Waals surface area contributed by atoms with Gasteiger partial charge >= 0.3 is 0 Å². The average Bonchev–Trinajstić information content (AvgIpc) is 4.25. The molecule has 6 heterocycles. The van der Waals surface area contributed by atoms with Crippen molar-refractivity contribution in [2.24, 2.45) is 10.8 Å². The molecule has 21 heteroatoms. The minimum Gasteiger partial charge on any atom is -0.438 e. The minimum absolute atomic E-state index is 0.142. The van der Waals surface area contributed by atoms with Crippen LogP contribution in [0.2, 0.25) is 5.02 Å². The summed E-state index contributed by atoms with van der Waals surface area (Å²) in [5.41, 5.74) is 1.91. The fraction of sp³-hybridized carbons (Fsp3) is 0.174. The van der Waals surface area contributed by atoms with Gasteiger partial charge < -0.3 is 30.7 Å². The third-order valence-electron chi connectivity index (χ3n) is 11.1. The quantitative estimate of drug-likeness (QED) is 0.0632. The van der Waals surface area contributed by atoms with Gasteiger partial charge in [-0.1, -0.05) is 11.6 Å². The van der Waals surface area contributed by atoms with Crippen LogP contribution < -0.4 is 30.7 Å². The van der Waals surface area contributed by atoms with E-state index in [-0.39, 0.29) is 10.9 Å². The first-order valence-corrected chi connectivity index (χ1v) is 21.0. The summed E-state index contributed by atoms with van der Waals surface area (Å²) in [7, 11) is 0. The number of aromatic nitrogens is 8. The molecular weight excluding hydrogens is 890 g/mol. The lowest BCUT2D eigenvalue weighted by Crippen LogP contribution is -2.35. The number of rotatable bonds is 12. The Morgan fingerprint density at radius 1 is 0.567 bits per heavy atom. The van der Waals surface area contributed by atoms with Gasteiger partial charge in [0.1, 0.15) is 39.0 Å². The van der Waals surface area contributed by atoms with Crippen molar-refractivity contribution in [2.75, 3.05) is 21.3 Å². The van der Waals surface area contributed by atoms with Crippen molar-refractivity contribution < 1.29 is 37.4 Å². The number of fused-ring (bicyclic) bond motifs is 2. The Kier molecular flexibility index (Phi) is 11.7. The zero-order valence-corrected chi connectivity index (χ0v) is 36.2. The van der Waals surface area contributed by atoms with E-state index in [0.29, 0.717) is 82.5 Å². The van der Waals surface area contributed by atoms with E-state index < -0.39 is 46.1 Å². The van der Waals surface area contributed by atoms with E-state index in [1.165, 1.54) is 67.0 Å². The molecule has 338 valence electrons. The molecule has 2 fully saturated rings. The summed E-state index contributed by atoms with van der Waals surface area (Å²) in [6.07, 6.45) is 7.68. The van der Waals surface area contributed by atoms with E-state index in [1.807, 2.05) is 13.8 Å². The van der Waals surface area contributed by atoms with Crippen molar-refractivity contribution in [2.45, 2.75) is 39.5 Å². The Morgan fingerprint density at radius 2 is 1.00 bits per heavy atom. The Bertz CT molecular complexity index is 3190. The maximum Gasteiger partial charge on any atom is 0.240 e. The van der Waals surface area contributed by atoms with E-state index in [1.54, 1.807) is 36.7 Å². The Balaban J connectivity index is 0.000000168. The number of aryl methyl sites for hydroxylation is 2. The molecule has 18 nitrogen and oxygen atoms in total. The molecule has 2 aliphatic rings. The van der Waals surface area contributed by atoms with Crippen molar-refractivity contribution in [1.82, 2.24) is 40.3 Å². The maximum absolute atomic E-state index is 13.1. The van der Waals surface area contributed by atoms with Gasteiger partial charge in [0.05, 0.1) is 34.5 Å². The number of benzene rings is 2. The van der Waals surface area contributed by atoms with Gasteiger partial charge in [-0.25, -0.2) is 28.7 Å². The number of aromatic amines is 2. The van der Waals surface area contributed by atoms with Crippen molar-refractivity contribution in [3.05, 3.63) is 132 Å². The van der Waals surface area contributed by atoms with Crippen LogP contribution in [-0.4, -0.2) is 64.0 Å². The highest BCUT2D eigenvalue weighted by Gasteiger charge is 2.57. The molecule has 0 unspecified atom stereocenters. The second-order valence-corrected chi connectivity index (χ2v) is 16.2. The van der Waals surface area contributed by atoms with Gasteiger partial charge in [-0.15, -0.1) is 0 Å². The summed E-state index contributed by atoms with van der Waals surface area (Å²) in [5, 5.41) is 26.4. The number of anilines is 4. The highest BCUT2D eigenvalue weighted by atomic mass is 35.5. The second-order valence-electron chi connectivity index (χ2n) is 15.8. The van der Waals surface area contributed by atoms with Crippen LogP contribution in [0.4, 0.5) is 31.5 Å². The zero-order chi connectivity index (χ0) is 46.9. The molecular formula is C46H37ClF2N12O6. The highest BCUT2D eigenvalue weighted by Crippen LogP contribution is 2.49. The van der Waals surface area contributed by atoms with Crippen LogP contribution in [0.1, 0.15) is 37.1 Å². The van der Waals surface area contributed by atoms with Crippen molar-refractivity contribution >= 4 is 80.0 Å². The lowest BCUT2D eigenvalue weighted by molar-refractivity contribution is -0.132. The monoisotopic (exact) mass is 926 g/mol. The summed E-state index contributed by atoms with van der Waals surface area (Å²) in [4.78, 5) is 67.9. The molecule has 8 aromatic rings. The number of nitrogens with one attached hydrogen (secondary N) is 6. The third kappa shape index (κ3) is 9.27. The number of amides is 4. The van der Waals surface area contributed by atoms with Gasteiger partial charge in [0, 0.05) is 53.4 Å². The van der Waals surface area contributed by atoms with Crippen molar-refractivity contribution in [3.8, 4) is 23.3 Å². The number of H-pyrrole nitrogens is 2. The summed E-state index contributed by atoms with van der Waals surface area (Å²) < 4.78 is 37.9. The smallest absolute Gasteiger partial charge is 0.240 e. The van der Waals surface area contributed by atoms with Gasteiger partial charge in [-0.3, -0.25) is 29.4 Å². The van der Waals surface area contributed by atoms with E-state index in [9.17, 15) is 28.0 Å². The molecule has 0 saturated heterocycles. The van der Waals surface area contributed by atoms with E-state index in [2.05, 4.69) is 61.6 Å². The molecule has 0 bridgehead atoms. The summed E-state index contributed by atoms with van der Waals surface area (Å²) in [5.74, 6) is -1.06. The Labute approximate surface area is 383 Å². The van der Waals surface area contributed by atoms with E-state index in [4.69, 9.17) is 21.1 Å². The molecule has 10 rings (SSSR count). The van der Waals surface area contributed by atoms with Crippen LogP contribution in [0.3, 0.4) is 0 Å². The number of carbonyl (C=O) groups is 4. The largest absolute Gasteiger partial charge is 0.438 e. The average molecular weight is 927 g/mol. The molecule has 2 aromatic carbocycles. The van der Waals surface area contributed by atoms with Crippen LogP contribution in [0.25, 0.3) is 22.1 Å². The number of hydrogen-bond donors (Lipinski definition) is 6. The molecule has 0 radical (unpaired) electrons. The third-order valence-corrected chi connectivity index (χ3v) is 11.4. The number of nitrogens with zero attached hydrogens (tertiary/aromatic N) is 6. The van der Waals surface area contributed by atoms with Gasteiger partial charge in [-0.05, 0) is 100 Å². The fourth-order valence-electron chi connectivity index (χ4n) is 7.03. The van der Waals surface area contributed by atoms with E-state index >= 15 is 0 Å². The first-order valence-electron chi connectivity index (χ1n) is 20.6. The number of halogens is 3. The van der Waals surface area contributed by atoms with Crippen molar-refractivity contribution in [1.29, 1.82) is 0 Å². The molecule has 2 saturated carbocycles. The Hall–Kier alpha value is -8.39. The standard InChI is InChI=1S/C23H18ClFN6O3.C23H19FN6O3/c1-12-18-17(6-9-26-19(18)31-30-12)34-20-16(24)10-15(11-27-20)29-22(33)23(7-8-23)21(32)28-14-4-2-13(25)3-5-14;1-13-19-17(8-11-25-20(19)30-29-13)33-18-7-6-16(12-26-18)28-22(32)23(9-10-23)21(31)27-15-4-2-14(24)3-5-15/h2-6,9-11H,7-8H2,1H3,(H,28,32)(H,29,33)(H,26,30,31);2-8,11-12H,9-10H2,1H3,(H,27,31)(H,28,32)(H,25,29,30). The molecule has 67 heavy (non-hydrogen) atoms. The minimum atomic E-state index is -1.20. The first kappa shape index (κ1) is 43.8. The highest BCUT2D eigenvalue weighted by molar-refractivity contribution is 6.32. The first-order chi connectivity index (χ1) is 32.3. The number of carbonyl (C=O) groups excluding carboxylic acids is 4. The van der Waals surface area contributed by atoms with E-state index in [0.717, 1.165) is 16.8 Å². The van der Waals surface area contributed by atoms with Crippen molar-refractivity contribution in [3.63, 3.8) is 0 Å². The summed E-state index contributed by atoms with van der Waals surface area (Å²) in [6, 6.07) is 18.9. The van der Waals surface area contributed by atoms with Gasteiger partial charge in [0.25, 0.3) is 0 Å². The molecule has 0 aliphatic heterocycles. The molecule has 0 spiro atoms. The van der Waals surface area contributed by atoms with Crippen LogP contribution in [0, 0.1) is 36.3 Å². The molecule has 6 N–H and O–H groups in total. The predicted octanol–water partition coefficient (Wildman–Crippen LogP) is 8.55. The molecule has 6 aromatic heterocycles. The number of pyridine rings is 4. The van der Waals surface area contributed by atoms with Gasteiger partial charge in [0.15, 0.2) is 11.3 Å². The second kappa shape index (κ2) is 17.9. The number of hydrogen-bond acceptors (Lipinski definition) is 12. The zero-order valence-electron chi connectivity index (χ0n) is 35.4. The fourth-order valence-corrected chi connectivity index (χ4v) is 7.24. The summed E-state index contributed by atoms with van der Waals surface area (Å²) >= 11 is 6.35. The molecule has 0 atom stereocenters. The molecule has 4 amide bonds. The Morgan fingerprint density at radius 3 is 1.45 bits per heavy atom. The van der Waals surface area contributed by atoms with Crippen LogP contribution >= 0.6 is 11.6 Å². The normalized spacial score (nSPS) is 14.0. The topological polar surface area (TPSA) is 244 Å². The van der Waals surface area contributed by atoms with Gasteiger partial charge in [-0.2, -0.15) is 10.2 Å². The summed E-state index contributed by atoms with van der Waals surface area (Å²) in [6.45, 7) is 3.72. The van der Waals surface area contributed by atoms with Crippen LogP contribution in [0.15, 0.2) is 104 Å². The lowest BCUT2D eigenvalue weighted by Gasteiger charge is -2.16. The lowest BCUT2D eigenvalue weighted by atomic mass is 10.0. The molecule has 2 aliphatic carbocycles. The van der Waals surface area contributed by atoms with Crippen LogP contribution in [0.5, 0.6) is 23.3 Å². The number of ether oxygens (including phenoxy) is 2. The van der Waals surface area contributed by atoms with Crippen LogP contribution in [-0.2, 0) is 19.2 Å².